The van der Waals surface area contributed by atoms with Gasteiger partial charge in [0.15, 0.2) is 15.8 Å². The molecule has 6 nitrogen and oxygen atoms in total. The minimum Gasteiger partial charge on any atom is -0.387 e. The highest BCUT2D eigenvalue weighted by atomic mass is 35.5. The van der Waals surface area contributed by atoms with Crippen molar-refractivity contribution < 1.29 is 13.5 Å². The number of nitrogens with zero attached hydrogens (tertiary/aromatic N) is 1. The molecule has 3 N–H and O–H groups in total. The minimum absolute atomic E-state index is 0.0882. The van der Waals surface area contributed by atoms with Crippen molar-refractivity contribution in [2.75, 3.05) is 31.6 Å². The molecule has 134 valence electrons. The van der Waals surface area contributed by atoms with Crippen LogP contribution in [-0.4, -0.2) is 51.1 Å². The maximum atomic E-state index is 11.5. The van der Waals surface area contributed by atoms with Gasteiger partial charge in [0.25, 0.3) is 0 Å². The number of hydrogen-bond donors (Lipinski definition) is 3. The lowest BCUT2D eigenvalue weighted by atomic mass is 10.1. The van der Waals surface area contributed by atoms with Gasteiger partial charge in [-0.15, -0.1) is 0 Å². The van der Waals surface area contributed by atoms with Gasteiger partial charge >= 0.3 is 0 Å². The standard InChI is InChI=1S/C15H21Cl2N3O3S/c1-18-15(19-7-10-2-3-24(22,23)9-10)20-8-14(21)11-4-12(16)6-13(17)5-11/h4-6,10,14,21H,2-3,7-9H2,1H3,(H2,18,19,20). The predicted octanol–water partition coefficient (Wildman–Crippen LogP) is 1.63. The molecule has 0 amide bonds. The first-order valence-corrected chi connectivity index (χ1v) is 10.2. The van der Waals surface area contributed by atoms with E-state index in [0.29, 0.717) is 34.5 Å². The summed E-state index contributed by atoms with van der Waals surface area (Å²) in [5, 5.41) is 17.2. The second-order valence-corrected chi connectivity index (χ2v) is 8.92. The molecule has 0 aromatic heterocycles. The van der Waals surface area contributed by atoms with Crippen molar-refractivity contribution in [3.05, 3.63) is 33.8 Å². The van der Waals surface area contributed by atoms with Gasteiger partial charge in [-0.2, -0.15) is 0 Å². The molecular weight excluding hydrogens is 373 g/mol. The molecule has 0 aliphatic carbocycles. The van der Waals surface area contributed by atoms with Gasteiger partial charge in [0, 0.05) is 30.2 Å². The lowest BCUT2D eigenvalue weighted by Gasteiger charge is -2.17. The summed E-state index contributed by atoms with van der Waals surface area (Å²) in [5.41, 5.74) is 0.609. The molecule has 9 heteroatoms. The van der Waals surface area contributed by atoms with Crippen molar-refractivity contribution in [2.45, 2.75) is 12.5 Å². The fourth-order valence-corrected chi connectivity index (χ4v) is 4.98. The highest BCUT2D eigenvalue weighted by Crippen LogP contribution is 2.23. The van der Waals surface area contributed by atoms with Crippen molar-refractivity contribution in [3.8, 4) is 0 Å². The zero-order valence-corrected chi connectivity index (χ0v) is 15.6. The molecule has 24 heavy (non-hydrogen) atoms. The van der Waals surface area contributed by atoms with Crippen LogP contribution in [0.25, 0.3) is 0 Å². The summed E-state index contributed by atoms with van der Waals surface area (Å²) in [6.45, 7) is 0.747. The van der Waals surface area contributed by atoms with E-state index in [1.807, 2.05) is 0 Å². The summed E-state index contributed by atoms with van der Waals surface area (Å²) in [6.07, 6.45) is -0.137. The van der Waals surface area contributed by atoms with Gasteiger partial charge in [0.05, 0.1) is 17.6 Å². The van der Waals surface area contributed by atoms with Gasteiger partial charge in [0.2, 0.25) is 0 Å². The van der Waals surface area contributed by atoms with Crippen LogP contribution < -0.4 is 10.6 Å². The third-order valence-electron chi connectivity index (χ3n) is 3.84. The third-order valence-corrected chi connectivity index (χ3v) is 6.11. The summed E-state index contributed by atoms with van der Waals surface area (Å²) in [7, 11) is -1.27. The van der Waals surface area contributed by atoms with Crippen LogP contribution >= 0.6 is 23.2 Å². The lowest BCUT2D eigenvalue weighted by Crippen LogP contribution is -2.41. The van der Waals surface area contributed by atoms with E-state index in [-0.39, 0.29) is 24.0 Å². The molecule has 2 atom stereocenters. The van der Waals surface area contributed by atoms with Crippen molar-refractivity contribution >= 4 is 39.0 Å². The van der Waals surface area contributed by atoms with Crippen LogP contribution in [0.1, 0.15) is 18.1 Å². The number of rotatable bonds is 5. The number of sulfone groups is 1. The van der Waals surface area contributed by atoms with Gasteiger partial charge in [-0.1, -0.05) is 23.2 Å². The Labute approximate surface area is 152 Å². The van der Waals surface area contributed by atoms with Crippen LogP contribution in [0.4, 0.5) is 0 Å². The summed E-state index contributed by atoms with van der Waals surface area (Å²) in [6, 6.07) is 4.90. The van der Waals surface area contributed by atoms with E-state index < -0.39 is 15.9 Å². The molecule has 1 aromatic carbocycles. The van der Waals surface area contributed by atoms with Crippen molar-refractivity contribution in [3.63, 3.8) is 0 Å². The maximum absolute atomic E-state index is 11.5. The average molecular weight is 394 g/mol. The monoisotopic (exact) mass is 393 g/mol. The van der Waals surface area contributed by atoms with Crippen molar-refractivity contribution in [2.24, 2.45) is 10.9 Å². The average Bonchev–Trinajstić information content (AvgIpc) is 2.85. The van der Waals surface area contributed by atoms with Crippen LogP contribution in [-0.2, 0) is 9.84 Å². The fourth-order valence-electron chi connectivity index (χ4n) is 2.57. The maximum Gasteiger partial charge on any atom is 0.191 e. The first kappa shape index (κ1) is 19.3. The van der Waals surface area contributed by atoms with Gasteiger partial charge in [-0.3, -0.25) is 4.99 Å². The van der Waals surface area contributed by atoms with E-state index in [0.717, 1.165) is 0 Å². The Morgan fingerprint density at radius 1 is 1.33 bits per heavy atom. The van der Waals surface area contributed by atoms with Crippen molar-refractivity contribution in [1.29, 1.82) is 0 Å². The number of aliphatic hydroxyl groups excluding tert-OH is 1. The molecule has 0 spiro atoms. The smallest absolute Gasteiger partial charge is 0.191 e. The Morgan fingerprint density at radius 2 is 2.00 bits per heavy atom. The number of benzene rings is 1. The SMILES string of the molecule is CN=C(NCC1CCS(=O)(=O)C1)NCC(O)c1cc(Cl)cc(Cl)c1. The first-order valence-electron chi connectivity index (χ1n) is 7.58. The molecule has 1 aliphatic rings. The lowest BCUT2D eigenvalue weighted by molar-refractivity contribution is 0.181. The summed E-state index contributed by atoms with van der Waals surface area (Å²) >= 11 is 11.9. The molecule has 1 saturated heterocycles. The molecule has 1 heterocycles. The van der Waals surface area contributed by atoms with Gasteiger partial charge < -0.3 is 15.7 Å². The third kappa shape index (κ3) is 5.81. The molecule has 1 fully saturated rings. The Hall–Kier alpha value is -1.02. The van der Waals surface area contributed by atoms with Gasteiger partial charge in [0.1, 0.15) is 0 Å². The molecule has 1 aromatic rings. The zero-order valence-electron chi connectivity index (χ0n) is 13.3. The van der Waals surface area contributed by atoms with E-state index >= 15 is 0 Å². The number of halogens is 2. The molecule has 0 saturated carbocycles. The molecular formula is C15H21Cl2N3O3S. The van der Waals surface area contributed by atoms with Crippen LogP contribution in [0.3, 0.4) is 0 Å². The van der Waals surface area contributed by atoms with Gasteiger partial charge in [-0.25, -0.2) is 8.42 Å². The van der Waals surface area contributed by atoms with Crippen molar-refractivity contribution in [1.82, 2.24) is 10.6 Å². The summed E-state index contributed by atoms with van der Waals surface area (Å²) in [4.78, 5) is 4.07. The first-order chi connectivity index (χ1) is 11.3. The largest absolute Gasteiger partial charge is 0.387 e. The number of aliphatic imine (C=N–C) groups is 1. The van der Waals surface area contributed by atoms with Gasteiger partial charge in [-0.05, 0) is 36.1 Å². The predicted molar refractivity (Wildman–Crippen MR) is 97.5 cm³/mol. The molecule has 1 aliphatic heterocycles. The molecule has 0 bridgehead atoms. The number of guanidine groups is 1. The van der Waals surface area contributed by atoms with E-state index in [1.54, 1.807) is 25.2 Å². The molecule has 2 rings (SSSR count). The molecule has 2 unspecified atom stereocenters. The summed E-state index contributed by atoms with van der Waals surface area (Å²) in [5.74, 6) is 1.05. The Morgan fingerprint density at radius 3 is 2.54 bits per heavy atom. The quantitative estimate of drug-likeness (QED) is 0.522. The normalized spacial score (nSPS) is 21.5. The second-order valence-electron chi connectivity index (χ2n) is 5.82. The zero-order chi connectivity index (χ0) is 17.7. The highest BCUT2D eigenvalue weighted by Gasteiger charge is 2.27. The number of aliphatic hydroxyl groups is 1. The fraction of sp³-hybridized carbons (Fsp3) is 0.533. The van der Waals surface area contributed by atoms with E-state index in [9.17, 15) is 13.5 Å². The number of nitrogens with one attached hydrogen (secondary N) is 2. The number of hydrogen-bond acceptors (Lipinski definition) is 4. The Bertz CT molecular complexity index is 690. The molecule has 0 radical (unpaired) electrons. The Kier molecular flexibility index (Phi) is 6.74. The van der Waals surface area contributed by atoms with Crippen LogP contribution in [0, 0.1) is 5.92 Å². The van der Waals surface area contributed by atoms with E-state index in [4.69, 9.17) is 23.2 Å². The topological polar surface area (TPSA) is 90.8 Å². The Balaban J connectivity index is 1.83. The van der Waals surface area contributed by atoms with Crippen LogP contribution in [0.5, 0.6) is 0 Å². The second kappa shape index (κ2) is 8.38. The van der Waals surface area contributed by atoms with E-state index in [1.165, 1.54) is 0 Å². The van der Waals surface area contributed by atoms with E-state index in [2.05, 4.69) is 15.6 Å². The highest BCUT2D eigenvalue weighted by molar-refractivity contribution is 7.91. The summed E-state index contributed by atoms with van der Waals surface area (Å²) < 4.78 is 22.9. The van der Waals surface area contributed by atoms with Crippen LogP contribution in [0.15, 0.2) is 23.2 Å². The minimum atomic E-state index is -2.89. The van der Waals surface area contributed by atoms with Crippen LogP contribution in [0.2, 0.25) is 10.0 Å².